The van der Waals surface area contributed by atoms with Gasteiger partial charge in [0.15, 0.2) is 0 Å². The monoisotopic (exact) mass is 239 g/mol. The Bertz CT molecular complexity index is 406. The summed E-state index contributed by atoms with van der Waals surface area (Å²) in [6.45, 7) is 0.885. The van der Waals surface area contributed by atoms with Crippen LogP contribution in [0, 0.1) is 0 Å². The Morgan fingerprint density at radius 2 is 2.44 bits per heavy atom. The quantitative estimate of drug-likeness (QED) is 0.804. The summed E-state index contributed by atoms with van der Waals surface area (Å²) in [7, 11) is 1.41. The topological polar surface area (TPSA) is 38.3 Å². The van der Waals surface area contributed by atoms with Crippen molar-refractivity contribution in [3.05, 3.63) is 34.3 Å². The Kier molecular flexibility index (Phi) is 3.46. The van der Waals surface area contributed by atoms with Crippen molar-refractivity contribution in [1.82, 2.24) is 5.32 Å². The molecule has 1 aliphatic heterocycles. The van der Waals surface area contributed by atoms with Gasteiger partial charge in [0, 0.05) is 11.1 Å². The first-order valence-corrected chi connectivity index (χ1v) is 5.67. The summed E-state index contributed by atoms with van der Waals surface area (Å²) in [4.78, 5) is 11.3. The Morgan fingerprint density at radius 3 is 3.19 bits per heavy atom. The van der Waals surface area contributed by atoms with E-state index in [4.69, 9.17) is 11.6 Å². The van der Waals surface area contributed by atoms with Crippen LogP contribution in [-0.2, 0) is 16.0 Å². The Labute approximate surface area is 99.7 Å². The number of methoxy groups -OCH3 is 1. The van der Waals surface area contributed by atoms with Gasteiger partial charge in [-0.15, -0.1) is 0 Å². The first kappa shape index (κ1) is 11.4. The number of hydrogen-bond acceptors (Lipinski definition) is 3. The second-order valence-corrected chi connectivity index (χ2v) is 4.32. The van der Waals surface area contributed by atoms with E-state index in [1.54, 1.807) is 0 Å². The summed E-state index contributed by atoms with van der Waals surface area (Å²) in [6.07, 6.45) is 1.33. The molecule has 1 aliphatic rings. The van der Waals surface area contributed by atoms with Crippen LogP contribution in [0.2, 0.25) is 5.02 Å². The molecule has 0 saturated carbocycles. The van der Waals surface area contributed by atoms with Crippen LogP contribution in [0.25, 0.3) is 0 Å². The predicted molar refractivity (Wildman–Crippen MR) is 62.5 cm³/mol. The van der Waals surface area contributed by atoms with Gasteiger partial charge >= 0.3 is 5.97 Å². The van der Waals surface area contributed by atoms with E-state index >= 15 is 0 Å². The molecule has 1 heterocycles. The van der Waals surface area contributed by atoms with Gasteiger partial charge in [-0.1, -0.05) is 17.7 Å². The number of carbonyl (C=O) groups is 1. The van der Waals surface area contributed by atoms with Crippen molar-refractivity contribution < 1.29 is 9.53 Å². The van der Waals surface area contributed by atoms with Crippen LogP contribution in [0.3, 0.4) is 0 Å². The minimum absolute atomic E-state index is 0.0231. The van der Waals surface area contributed by atoms with Crippen LogP contribution in [0.15, 0.2) is 18.2 Å². The van der Waals surface area contributed by atoms with Crippen LogP contribution in [0.4, 0.5) is 0 Å². The summed E-state index contributed by atoms with van der Waals surface area (Å²) in [5.74, 6) is -0.203. The first-order chi connectivity index (χ1) is 7.70. The van der Waals surface area contributed by atoms with E-state index in [0.717, 1.165) is 18.5 Å². The van der Waals surface area contributed by atoms with E-state index in [-0.39, 0.29) is 12.0 Å². The third-order valence-corrected chi connectivity index (χ3v) is 3.10. The largest absolute Gasteiger partial charge is 0.469 e. The maximum Gasteiger partial charge on any atom is 0.307 e. The number of ether oxygens (including phenoxy) is 1. The van der Waals surface area contributed by atoms with Gasteiger partial charge in [0.2, 0.25) is 0 Å². The summed E-state index contributed by atoms with van der Waals surface area (Å²) in [5, 5.41) is 4.01. The predicted octanol–water partition coefficient (Wildman–Crippen LogP) is 2.09. The molecule has 3 nitrogen and oxygen atoms in total. The Morgan fingerprint density at radius 1 is 1.62 bits per heavy atom. The number of esters is 1. The van der Waals surface area contributed by atoms with Gasteiger partial charge in [0.25, 0.3) is 0 Å². The van der Waals surface area contributed by atoms with Gasteiger partial charge in [-0.3, -0.25) is 4.79 Å². The number of nitrogens with one attached hydrogen (secondary N) is 1. The molecule has 1 N–H and O–H groups in total. The van der Waals surface area contributed by atoms with E-state index in [2.05, 4.69) is 10.1 Å². The van der Waals surface area contributed by atoms with Gasteiger partial charge < -0.3 is 10.1 Å². The van der Waals surface area contributed by atoms with E-state index in [1.807, 2.05) is 18.2 Å². The molecule has 0 aromatic heterocycles. The minimum atomic E-state index is -0.203. The third kappa shape index (κ3) is 2.36. The third-order valence-electron chi connectivity index (χ3n) is 2.87. The van der Waals surface area contributed by atoms with Crippen LogP contribution >= 0.6 is 11.6 Å². The average molecular weight is 240 g/mol. The molecule has 16 heavy (non-hydrogen) atoms. The molecule has 0 radical (unpaired) electrons. The number of rotatable bonds is 2. The highest BCUT2D eigenvalue weighted by molar-refractivity contribution is 6.30. The Hall–Kier alpha value is -1.06. The zero-order valence-corrected chi connectivity index (χ0v) is 9.88. The second kappa shape index (κ2) is 4.85. The van der Waals surface area contributed by atoms with E-state index in [9.17, 15) is 4.79 Å². The number of hydrogen-bond donors (Lipinski definition) is 1. The molecule has 0 spiro atoms. The lowest BCUT2D eigenvalue weighted by atomic mass is 9.92. The summed E-state index contributed by atoms with van der Waals surface area (Å²) in [6, 6.07) is 5.87. The molecule has 0 aliphatic carbocycles. The standard InChI is InChI=1S/C12H14ClNO2/c1-16-12(15)7-11-10-6-9(13)3-2-8(10)4-5-14-11/h2-3,6,11,14H,4-5,7H2,1H3. The molecular weight excluding hydrogens is 226 g/mol. The van der Waals surface area contributed by atoms with Crippen molar-refractivity contribution in [1.29, 1.82) is 0 Å². The first-order valence-electron chi connectivity index (χ1n) is 5.29. The summed E-state index contributed by atoms with van der Waals surface area (Å²) in [5.41, 5.74) is 2.38. The maximum absolute atomic E-state index is 11.3. The van der Waals surface area contributed by atoms with Crippen LogP contribution in [-0.4, -0.2) is 19.6 Å². The zero-order chi connectivity index (χ0) is 11.5. The van der Waals surface area contributed by atoms with Gasteiger partial charge in [0.05, 0.1) is 13.5 Å². The molecule has 86 valence electrons. The van der Waals surface area contributed by atoms with Gasteiger partial charge in [0.1, 0.15) is 0 Å². The minimum Gasteiger partial charge on any atom is -0.469 e. The molecule has 1 aromatic rings. The van der Waals surface area contributed by atoms with Crippen molar-refractivity contribution >= 4 is 17.6 Å². The molecule has 0 amide bonds. The van der Waals surface area contributed by atoms with E-state index in [1.165, 1.54) is 12.7 Å². The highest BCUT2D eigenvalue weighted by atomic mass is 35.5. The smallest absolute Gasteiger partial charge is 0.307 e. The fourth-order valence-corrected chi connectivity index (χ4v) is 2.22. The van der Waals surface area contributed by atoms with Crippen LogP contribution < -0.4 is 5.32 Å². The fourth-order valence-electron chi connectivity index (χ4n) is 2.04. The summed E-state index contributed by atoms with van der Waals surface area (Å²) < 4.78 is 4.69. The van der Waals surface area contributed by atoms with Gasteiger partial charge in [-0.05, 0) is 36.2 Å². The lowest BCUT2D eigenvalue weighted by Crippen LogP contribution is -2.31. The lowest BCUT2D eigenvalue weighted by Gasteiger charge is -2.26. The molecule has 0 saturated heterocycles. The SMILES string of the molecule is COC(=O)CC1NCCc2ccc(Cl)cc21. The molecule has 4 heteroatoms. The van der Waals surface area contributed by atoms with Crippen LogP contribution in [0.5, 0.6) is 0 Å². The molecule has 1 aromatic carbocycles. The number of benzene rings is 1. The fraction of sp³-hybridized carbons (Fsp3) is 0.417. The molecule has 1 unspecified atom stereocenters. The average Bonchev–Trinajstić information content (AvgIpc) is 2.29. The van der Waals surface area contributed by atoms with Crippen molar-refractivity contribution in [2.24, 2.45) is 0 Å². The highest BCUT2D eigenvalue weighted by Crippen LogP contribution is 2.28. The molecule has 0 bridgehead atoms. The Balaban J connectivity index is 2.24. The molecule has 2 rings (SSSR count). The second-order valence-electron chi connectivity index (χ2n) is 3.88. The summed E-state index contributed by atoms with van der Waals surface area (Å²) >= 11 is 5.97. The normalized spacial score (nSPS) is 19.0. The number of halogens is 1. The van der Waals surface area contributed by atoms with Gasteiger partial charge in [-0.2, -0.15) is 0 Å². The molecular formula is C12H14ClNO2. The van der Waals surface area contributed by atoms with Crippen molar-refractivity contribution in [3.63, 3.8) is 0 Å². The molecule has 1 atom stereocenters. The van der Waals surface area contributed by atoms with E-state index in [0.29, 0.717) is 11.4 Å². The number of fused-ring (bicyclic) bond motifs is 1. The molecule has 0 fully saturated rings. The lowest BCUT2D eigenvalue weighted by molar-refractivity contribution is -0.141. The van der Waals surface area contributed by atoms with Gasteiger partial charge in [-0.25, -0.2) is 0 Å². The maximum atomic E-state index is 11.3. The van der Waals surface area contributed by atoms with Crippen molar-refractivity contribution in [3.8, 4) is 0 Å². The zero-order valence-electron chi connectivity index (χ0n) is 9.13. The number of carbonyl (C=O) groups excluding carboxylic acids is 1. The van der Waals surface area contributed by atoms with E-state index < -0.39 is 0 Å². The van der Waals surface area contributed by atoms with Crippen LogP contribution in [0.1, 0.15) is 23.6 Å². The van der Waals surface area contributed by atoms with Crippen molar-refractivity contribution in [2.75, 3.05) is 13.7 Å². The van der Waals surface area contributed by atoms with Crippen molar-refractivity contribution in [2.45, 2.75) is 18.9 Å². The highest BCUT2D eigenvalue weighted by Gasteiger charge is 2.22.